The lowest BCUT2D eigenvalue weighted by atomic mass is 9.78. The van der Waals surface area contributed by atoms with Crippen LogP contribution in [0.2, 0.25) is 0 Å². The van der Waals surface area contributed by atoms with Gasteiger partial charge in [0.05, 0.1) is 11.5 Å². The Balaban J connectivity index is 2.02. The Morgan fingerprint density at radius 2 is 2.04 bits per heavy atom. The quantitative estimate of drug-likeness (QED) is 0.732. The zero-order valence-corrected chi connectivity index (χ0v) is 15.3. The SMILES string of the molecule is CNS(=O)(=O)c1ccc(CN2CCC[C@@](CO)(CCOC)C2)cc1. The van der Waals surface area contributed by atoms with E-state index >= 15 is 0 Å². The Labute approximate surface area is 144 Å². The van der Waals surface area contributed by atoms with E-state index in [9.17, 15) is 13.5 Å². The highest BCUT2D eigenvalue weighted by Crippen LogP contribution is 2.33. The van der Waals surface area contributed by atoms with E-state index in [1.54, 1.807) is 19.2 Å². The van der Waals surface area contributed by atoms with Gasteiger partial charge >= 0.3 is 0 Å². The van der Waals surface area contributed by atoms with Crippen LogP contribution in [0.1, 0.15) is 24.8 Å². The Morgan fingerprint density at radius 1 is 1.33 bits per heavy atom. The fraction of sp³-hybridized carbons (Fsp3) is 0.647. The summed E-state index contributed by atoms with van der Waals surface area (Å²) in [5, 5.41) is 9.85. The number of piperidine rings is 1. The molecule has 1 saturated heterocycles. The first-order valence-electron chi connectivity index (χ1n) is 8.29. The molecule has 2 N–H and O–H groups in total. The molecule has 0 amide bonds. The van der Waals surface area contributed by atoms with Gasteiger partial charge in [-0.3, -0.25) is 4.90 Å². The highest BCUT2D eigenvalue weighted by molar-refractivity contribution is 7.89. The summed E-state index contributed by atoms with van der Waals surface area (Å²) in [6.45, 7) is 3.42. The number of nitrogens with zero attached hydrogens (tertiary/aromatic N) is 1. The smallest absolute Gasteiger partial charge is 0.240 e. The Hall–Kier alpha value is -0.990. The van der Waals surface area contributed by atoms with Crippen LogP contribution in [-0.2, 0) is 21.3 Å². The fourth-order valence-corrected chi connectivity index (χ4v) is 4.06. The van der Waals surface area contributed by atoms with Crippen LogP contribution in [0.4, 0.5) is 0 Å². The summed E-state index contributed by atoms with van der Waals surface area (Å²) in [4.78, 5) is 2.61. The molecule has 0 unspecified atom stereocenters. The van der Waals surface area contributed by atoms with Crippen molar-refractivity contribution in [3.05, 3.63) is 29.8 Å². The molecule has 7 heteroatoms. The number of hydrogen-bond donors (Lipinski definition) is 2. The summed E-state index contributed by atoms with van der Waals surface area (Å²) in [6, 6.07) is 6.98. The minimum atomic E-state index is -3.39. The highest BCUT2D eigenvalue weighted by Gasteiger charge is 2.34. The predicted molar refractivity (Wildman–Crippen MR) is 93.2 cm³/mol. The maximum atomic E-state index is 11.8. The monoisotopic (exact) mass is 356 g/mol. The average Bonchev–Trinajstić information content (AvgIpc) is 2.61. The van der Waals surface area contributed by atoms with Gasteiger partial charge in [0.2, 0.25) is 10.0 Å². The number of hydrogen-bond acceptors (Lipinski definition) is 5. The summed E-state index contributed by atoms with van der Waals surface area (Å²) < 4.78 is 31.0. The van der Waals surface area contributed by atoms with Crippen molar-refractivity contribution in [3.8, 4) is 0 Å². The topological polar surface area (TPSA) is 78.9 Å². The van der Waals surface area contributed by atoms with Crippen molar-refractivity contribution in [2.24, 2.45) is 5.41 Å². The molecule has 1 heterocycles. The van der Waals surface area contributed by atoms with E-state index in [0.29, 0.717) is 6.61 Å². The zero-order valence-electron chi connectivity index (χ0n) is 14.5. The van der Waals surface area contributed by atoms with Gasteiger partial charge in [0.25, 0.3) is 0 Å². The van der Waals surface area contributed by atoms with Gasteiger partial charge in [-0.1, -0.05) is 12.1 Å². The fourth-order valence-electron chi connectivity index (χ4n) is 3.33. The van der Waals surface area contributed by atoms with Crippen LogP contribution in [0.15, 0.2) is 29.2 Å². The summed E-state index contributed by atoms with van der Waals surface area (Å²) in [6.07, 6.45) is 2.93. The third kappa shape index (κ3) is 4.77. The first-order valence-corrected chi connectivity index (χ1v) is 9.78. The number of sulfonamides is 1. The van der Waals surface area contributed by atoms with Crippen LogP contribution >= 0.6 is 0 Å². The first kappa shape index (κ1) is 19.3. The lowest BCUT2D eigenvalue weighted by molar-refractivity contribution is 0.00475. The predicted octanol–water partition coefficient (Wildman–Crippen LogP) is 1.21. The zero-order chi connectivity index (χ0) is 17.6. The number of ether oxygens (including phenoxy) is 1. The molecule has 136 valence electrons. The van der Waals surface area contributed by atoms with Crippen molar-refractivity contribution in [3.63, 3.8) is 0 Å². The summed E-state index contributed by atoms with van der Waals surface area (Å²) >= 11 is 0. The number of likely N-dealkylation sites (tertiary alicyclic amines) is 1. The Bertz CT molecular complexity index is 618. The van der Waals surface area contributed by atoms with E-state index in [1.165, 1.54) is 7.05 Å². The van der Waals surface area contributed by atoms with Crippen LogP contribution in [0, 0.1) is 5.41 Å². The number of aliphatic hydroxyl groups excluding tert-OH is 1. The molecule has 6 nitrogen and oxygen atoms in total. The van der Waals surface area contributed by atoms with Gasteiger partial charge in [-0.25, -0.2) is 13.1 Å². The van der Waals surface area contributed by atoms with Crippen LogP contribution < -0.4 is 4.72 Å². The second-order valence-electron chi connectivity index (χ2n) is 6.57. The Kier molecular flexibility index (Phi) is 6.77. The van der Waals surface area contributed by atoms with Gasteiger partial charge in [0.15, 0.2) is 0 Å². The summed E-state index contributed by atoms with van der Waals surface area (Å²) in [7, 11) is -0.296. The minimum absolute atomic E-state index is 0.0936. The third-order valence-electron chi connectivity index (χ3n) is 4.82. The van der Waals surface area contributed by atoms with Gasteiger partial charge in [-0.2, -0.15) is 0 Å². The molecule has 0 aromatic heterocycles. The standard InChI is InChI=1S/C17H28N2O4S/c1-18-24(21,22)16-6-4-15(5-7-16)12-19-10-3-8-17(13-19,14-20)9-11-23-2/h4-7,18,20H,3,8-14H2,1-2H3/t17-/m1/s1. The lowest BCUT2D eigenvalue weighted by Gasteiger charge is -2.42. The molecule has 24 heavy (non-hydrogen) atoms. The molecule has 1 aromatic carbocycles. The molecule has 0 saturated carbocycles. The van der Waals surface area contributed by atoms with Gasteiger partial charge in [-0.15, -0.1) is 0 Å². The number of methoxy groups -OCH3 is 1. The Morgan fingerprint density at radius 3 is 2.62 bits per heavy atom. The van der Waals surface area contributed by atoms with E-state index < -0.39 is 10.0 Å². The second kappa shape index (κ2) is 8.40. The van der Waals surface area contributed by atoms with E-state index in [4.69, 9.17) is 4.74 Å². The van der Waals surface area contributed by atoms with Crippen LogP contribution in [-0.4, -0.2) is 58.9 Å². The molecule has 2 rings (SSSR count). The van der Waals surface area contributed by atoms with Crippen molar-refractivity contribution >= 4 is 10.0 Å². The van der Waals surface area contributed by atoms with Gasteiger partial charge in [0, 0.05) is 32.2 Å². The van der Waals surface area contributed by atoms with Gasteiger partial charge in [0.1, 0.15) is 0 Å². The van der Waals surface area contributed by atoms with Crippen LogP contribution in [0.25, 0.3) is 0 Å². The molecule has 1 atom stereocenters. The normalized spacial score (nSPS) is 22.6. The van der Waals surface area contributed by atoms with E-state index in [-0.39, 0.29) is 16.9 Å². The lowest BCUT2D eigenvalue weighted by Crippen LogP contribution is -2.45. The van der Waals surface area contributed by atoms with Crippen molar-refractivity contribution in [1.82, 2.24) is 9.62 Å². The number of aliphatic hydroxyl groups is 1. The average molecular weight is 356 g/mol. The molecular weight excluding hydrogens is 328 g/mol. The molecule has 1 aliphatic heterocycles. The molecule has 0 bridgehead atoms. The van der Waals surface area contributed by atoms with Crippen molar-refractivity contribution in [2.45, 2.75) is 30.7 Å². The number of nitrogens with one attached hydrogen (secondary N) is 1. The molecule has 0 radical (unpaired) electrons. The van der Waals surface area contributed by atoms with Crippen molar-refractivity contribution in [1.29, 1.82) is 0 Å². The van der Waals surface area contributed by atoms with Crippen LogP contribution in [0.5, 0.6) is 0 Å². The van der Waals surface area contributed by atoms with E-state index in [1.807, 2.05) is 12.1 Å². The van der Waals surface area contributed by atoms with E-state index in [0.717, 1.165) is 44.5 Å². The maximum absolute atomic E-state index is 11.8. The first-order chi connectivity index (χ1) is 11.4. The summed E-state index contributed by atoms with van der Waals surface area (Å²) in [5.41, 5.74) is 0.981. The molecular formula is C17H28N2O4S. The molecule has 0 spiro atoms. The molecule has 1 fully saturated rings. The summed E-state index contributed by atoms with van der Waals surface area (Å²) in [5.74, 6) is 0. The van der Waals surface area contributed by atoms with Crippen molar-refractivity contribution < 1.29 is 18.3 Å². The minimum Gasteiger partial charge on any atom is -0.396 e. The molecule has 0 aliphatic carbocycles. The number of rotatable bonds is 8. The van der Waals surface area contributed by atoms with Gasteiger partial charge in [-0.05, 0) is 50.6 Å². The van der Waals surface area contributed by atoms with Gasteiger partial charge < -0.3 is 9.84 Å². The second-order valence-corrected chi connectivity index (χ2v) is 8.45. The largest absolute Gasteiger partial charge is 0.396 e. The maximum Gasteiger partial charge on any atom is 0.240 e. The van der Waals surface area contributed by atoms with Crippen molar-refractivity contribution in [2.75, 3.05) is 40.5 Å². The third-order valence-corrected chi connectivity index (χ3v) is 6.25. The van der Waals surface area contributed by atoms with Crippen LogP contribution in [0.3, 0.4) is 0 Å². The number of benzene rings is 1. The molecule has 1 aromatic rings. The van der Waals surface area contributed by atoms with E-state index in [2.05, 4.69) is 9.62 Å². The molecule has 1 aliphatic rings. The highest BCUT2D eigenvalue weighted by atomic mass is 32.2.